The van der Waals surface area contributed by atoms with Crippen LogP contribution in [0.4, 0.5) is 5.69 Å². The third-order valence-corrected chi connectivity index (χ3v) is 3.63. The van der Waals surface area contributed by atoms with Crippen LogP contribution in [0.3, 0.4) is 0 Å². The van der Waals surface area contributed by atoms with Gasteiger partial charge in [-0.1, -0.05) is 24.4 Å². The third kappa shape index (κ3) is 3.87. The molecule has 20 heavy (non-hydrogen) atoms. The molecule has 5 nitrogen and oxygen atoms in total. The van der Waals surface area contributed by atoms with Gasteiger partial charge in [0.2, 0.25) is 0 Å². The van der Waals surface area contributed by atoms with Gasteiger partial charge in [0.05, 0.1) is 16.3 Å². The Labute approximate surface area is 122 Å². The van der Waals surface area contributed by atoms with Gasteiger partial charge in [0, 0.05) is 6.04 Å². The Morgan fingerprint density at radius 1 is 1.35 bits per heavy atom. The summed E-state index contributed by atoms with van der Waals surface area (Å²) in [6.45, 7) is -0.280. The molecule has 1 aromatic rings. The van der Waals surface area contributed by atoms with Gasteiger partial charge in [0.1, 0.15) is 0 Å². The molecule has 0 spiro atoms. The standard InChI is InChI=1S/C14H17ClN2O3/c15-11-6-5-9(7-12(11)16)14(19)20-8-13(18)17-10-3-1-2-4-10/h5-7,10H,1-4,8,16H2,(H,17,18). The van der Waals surface area contributed by atoms with E-state index in [2.05, 4.69) is 5.32 Å². The van der Waals surface area contributed by atoms with Crippen LogP contribution in [-0.2, 0) is 9.53 Å². The van der Waals surface area contributed by atoms with Gasteiger partial charge in [-0.25, -0.2) is 4.79 Å². The molecule has 2 rings (SSSR count). The minimum absolute atomic E-state index is 0.215. The number of nitrogens with one attached hydrogen (secondary N) is 1. The van der Waals surface area contributed by atoms with E-state index in [9.17, 15) is 9.59 Å². The van der Waals surface area contributed by atoms with E-state index < -0.39 is 5.97 Å². The highest BCUT2D eigenvalue weighted by Gasteiger charge is 2.18. The molecule has 1 saturated carbocycles. The van der Waals surface area contributed by atoms with E-state index in [1.165, 1.54) is 18.2 Å². The van der Waals surface area contributed by atoms with Crippen LogP contribution in [0.15, 0.2) is 18.2 Å². The number of hydrogen-bond donors (Lipinski definition) is 2. The maximum Gasteiger partial charge on any atom is 0.338 e. The summed E-state index contributed by atoms with van der Waals surface area (Å²) in [6, 6.07) is 4.68. The Morgan fingerprint density at radius 2 is 2.05 bits per heavy atom. The highest BCUT2D eigenvalue weighted by Crippen LogP contribution is 2.20. The molecule has 0 aliphatic heterocycles. The number of esters is 1. The van der Waals surface area contributed by atoms with Crippen LogP contribution < -0.4 is 11.1 Å². The first kappa shape index (κ1) is 14.7. The number of anilines is 1. The first-order valence-corrected chi connectivity index (χ1v) is 6.95. The number of hydrogen-bond acceptors (Lipinski definition) is 4. The second kappa shape index (κ2) is 6.61. The molecular formula is C14H17ClN2O3. The number of nitrogens with two attached hydrogens (primary N) is 1. The second-order valence-electron chi connectivity index (χ2n) is 4.86. The van der Waals surface area contributed by atoms with Crippen molar-refractivity contribution in [2.45, 2.75) is 31.7 Å². The van der Waals surface area contributed by atoms with Gasteiger partial charge in [-0.2, -0.15) is 0 Å². The molecule has 0 bridgehead atoms. The topological polar surface area (TPSA) is 81.4 Å². The number of carbonyl (C=O) groups excluding carboxylic acids is 2. The fourth-order valence-corrected chi connectivity index (χ4v) is 2.34. The smallest absolute Gasteiger partial charge is 0.338 e. The largest absolute Gasteiger partial charge is 0.452 e. The number of halogens is 1. The average molecular weight is 297 g/mol. The SMILES string of the molecule is Nc1cc(C(=O)OCC(=O)NC2CCCC2)ccc1Cl. The van der Waals surface area contributed by atoms with Crippen LogP contribution in [0.25, 0.3) is 0 Å². The number of ether oxygens (including phenoxy) is 1. The Hall–Kier alpha value is -1.75. The fraction of sp³-hybridized carbons (Fsp3) is 0.429. The lowest BCUT2D eigenvalue weighted by molar-refractivity contribution is -0.124. The molecular weight excluding hydrogens is 280 g/mol. The highest BCUT2D eigenvalue weighted by atomic mass is 35.5. The molecule has 0 heterocycles. The van der Waals surface area contributed by atoms with Crippen molar-refractivity contribution in [1.29, 1.82) is 0 Å². The van der Waals surface area contributed by atoms with Gasteiger partial charge in [0.25, 0.3) is 5.91 Å². The highest BCUT2D eigenvalue weighted by molar-refractivity contribution is 6.33. The van der Waals surface area contributed by atoms with E-state index in [1.807, 2.05) is 0 Å². The second-order valence-corrected chi connectivity index (χ2v) is 5.27. The van der Waals surface area contributed by atoms with Crippen molar-refractivity contribution in [3.8, 4) is 0 Å². The van der Waals surface area contributed by atoms with Crippen LogP contribution in [0.2, 0.25) is 5.02 Å². The van der Waals surface area contributed by atoms with E-state index in [0.717, 1.165) is 25.7 Å². The minimum atomic E-state index is -0.588. The van der Waals surface area contributed by atoms with E-state index in [-0.39, 0.29) is 24.1 Å². The van der Waals surface area contributed by atoms with Crippen molar-refractivity contribution >= 4 is 29.2 Å². The summed E-state index contributed by atoms with van der Waals surface area (Å²) in [6.07, 6.45) is 4.25. The molecule has 0 atom stereocenters. The molecule has 1 aliphatic carbocycles. The van der Waals surface area contributed by atoms with E-state index in [4.69, 9.17) is 22.1 Å². The van der Waals surface area contributed by atoms with Crippen LogP contribution in [0, 0.1) is 0 Å². The zero-order valence-corrected chi connectivity index (χ0v) is 11.8. The lowest BCUT2D eigenvalue weighted by Crippen LogP contribution is -2.35. The van der Waals surface area contributed by atoms with Crippen molar-refractivity contribution < 1.29 is 14.3 Å². The predicted octanol–water partition coefficient (Wildman–Crippen LogP) is 2.14. The Morgan fingerprint density at radius 3 is 2.70 bits per heavy atom. The molecule has 0 unspecified atom stereocenters. The first-order valence-electron chi connectivity index (χ1n) is 6.58. The first-order chi connectivity index (χ1) is 9.56. The molecule has 1 aromatic carbocycles. The summed E-state index contributed by atoms with van der Waals surface area (Å²) < 4.78 is 4.95. The number of nitrogen functional groups attached to an aromatic ring is 1. The number of rotatable bonds is 4. The summed E-state index contributed by atoms with van der Waals surface area (Å²) in [7, 11) is 0. The third-order valence-electron chi connectivity index (χ3n) is 3.29. The van der Waals surface area contributed by atoms with Gasteiger partial charge in [0.15, 0.2) is 6.61 Å². The predicted molar refractivity (Wildman–Crippen MR) is 76.5 cm³/mol. The monoisotopic (exact) mass is 296 g/mol. The number of carbonyl (C=O) groups is 2. The summed E-state index contributed by atoms with van der Waals surface area (Å²) in [5.41, 5.74) is 6.18. The van der Waals surface area contributed by atoms with E-state index in [1.54, 1.807) is 0 Å². The number of benzene rings is 1. The summed E-state index contributed by atoms with van der Waals surface area (Å²) in [4.78, 5) is 23.4. The van der Waals surface area contributed by atoms with Gasteiger partial charge in [-0.05, 0) is 31.0 Å². The minimum Gasteiger partial charge on any atom is -0.452 e. The van der Waals surface area contributed by atoms with Gasteiger partial charge >= 0.3 is 5.97 Å². The molecule has 108 valence electrons. The lowest BCUT2D eigenvalue weighted by atomic mass is 10.2. The average Bonchev–Trinajstić information content (AvgIpc) is 2.92. The Bertz CT molecular complexity index is 513. The van der Waals surface area contributed by atoms with Gasteiger partial charge < -0.3 is 15.8 Å². The molecule has 6 heteroatoms. The zero-order chi connectivity index (χ0) is 14.5. The summed E-state index contributed by atoms with van der Waals surface area (Å²) >= 11 is 5.77. The molecule has 0 radical (unpaired) electrons. The van der Waals surface area contributed by atoms with Crippen LogP contribution >= 0.6 is 11.6 Å². The van der Waals surface area contributed by atoms with Crippen molar-refractivity contribution in [3.05, 3.63) is 28.8 Å². The summed E-state index contributed by atoms with van der Waals surface area (Å²) in [5, 5.41) is 3.22. The van der Waals surface area contributed by atoms with Gasteiger partial charge in [-0.3, -0.25) is 4.79 Å². The molecule has 1 aliphatic rings. The van der Waals surface area contributed by atoms with Crippen LogP contribution in [0.1, 0.15) is 36.0 Å². The van der Waals surface area contributed by atoms with Crippen LogP contribution in [0.5, 0.6) is 0 Å². The molecule has 3 N–H and O–H groups in total. The van der Waals surface area contributed by atoms with Crippen LogP contribution in [-0.4, -0.2) is 24.5 Å². The van der Waals surface area contributed by atoms with E-state index >= 15 is 0 Å². The van der Waals surface area contributed by atoms with Gasteiger partial charge in [-0.15, -0.1) is 0 Å². The molecule has 1 fully saturated rings. The van der Waals surface area contributed by atoms with Crippen molar-refractivity contribution in [1.82, 2.24) is 5.32 Å². The zero-order valence-electron chi connectivity index (χ0n) is 11.0. The summed E-state index contributed by atoms with van der Waals surface area (Å²) in [5.74, 6) is -0.859. The normalized spacial score (nSPS) is 15.1. The Kier molecular flexibility index (Phi) is 4.84. The van der Waals surface area contributed by atoms with Crippen molar-refractivity contribution in [2.75, 3.05) is 12.3 Å². The lowest BCUT2D eigenvalue weighted by Gasteiger charge is -2.12. The van der Waals surface area contributed by atoms with Crippen molar-refractivity contribution in [2.24, 2.45) is 0 Å². The van der Waals surface area contributed by atoms with E-state index in [0.29, 0.717) is 10.7 Å². The maximum atomic E-state index is 11.7. The maximum absolute atomic E-state index is 11.7. The fourth-order valence-electron chi connectivity index (χ4n) is 2.22. The molecule has 0 saturated heterocycles. The Balaban J connectivity index is 1.81. The molecule has 1 amide bonds. The van der Waals surface area contributed by atoms with Crippen molar-refractivity contribution in [3.63, 3.8) is 0 Å². The molecule has 0 aromatic heterocycles. The number of amides is 1. The quantitative estimate of drug-likeness (QED) is 0.659.